The molecule has 1 aliphatic heterocycles. The van der Waals surface area contributed by atoms with Crippen LogP contribution >= 0.6 is 0 Å². The summed E-state index contributed by atoms with van der Waals surface area (Å²) >= 11 is 0. The number of carbonyl (C=O) groups is 2. The molecule has 48 heavy (non-hydrogen) atoms. The zero-order valence-corrected chi connectivity index (χ0v) is 30.9. The van der Waals surface area contributed by atoms with E-state index in [4.69, 9.17) is 19.2 Å². The lowest BCUT2D eigenvalue weighted by molar-refractivity contribution is -0.118. The first-order chi connectivity index (χ1) is 22.8. The number of hydrogen-bond acceptors (Lipinski definition) is 7. The Labute approximate surface area is 293 Å². The molecule has 7 nitrogen and oxygen atoms in total. The molecule has 2 aliphatic rings. The van der Waals surface area contributed by atoms with Crippen LogP contribution in [0, 0.1) is 11.8 Å². The summed E-state index contributed by atoms with van der Waals surface area (Å²) in [5.41, 5.74) is 2.75. The third kappa shape index (κ3) is 16.6. The van der Waals surface area contributed by atoms with Gasteiger partial charge in [-0.3, -0.25) is 14.6 Å². The Bertz CT molecular complexity index is 1140. The highest BCUT2D eigenvalue weighted by Gasteiger charge is 2.33. The van der Waals surface area contributed by atoms with E-state index < -0.39 is 12.2 Å². The summed E-state index contributed by atoms with van der Waals surface area (Å²) in [5.74, 6) is 1.17. The zero-order valence-electron chi connectivity index (χ0n) is 30.9. The molecule has 7 heteroatoms. The molecule has 0 bridgehead atoms. The van der Waals surface area contributed by atoms with Crippen LogP contribution in [0.3, 0.4) is 0 Å². The van der Waals surface area contributed by atoms with Crippen LogP contribution in [0.25, 0.3) is 0 Å². The van der Waals surface area contributed by atoms with Crippen LogP contribution in [0.15, 0.2) is 46.8 Å². The van der Waals surface area contributed by atoms with E-state index in [2.05, 4.69) is 33.8 Å². The summed E-state index contributed by atoms with van der Waals surface area (Å²) in [6.07, 6.45) is 14.0. The fourth-order valence-corrected chi connectivity index (χ4v) is 5.54. The molecule has 0 aromatic heterocycles. The Balaban J connectivity index is 0.00000348. The lowest BCUT2D eigenvalue weighted by Crippen LogP contribution is -2.26. The Hall–Kier alpha value is -2.77. The number of unbranched alkanes of at least 4 members (excludes halogenated alkanes) is 1. The van der Waals surface area contributed by atoms with Gasteiger partial charge in [0, 0.05) is 30.5 Å². The van der Waals surface area contributed by atoms with E-state index in [9.17, 15) is 14.7 Å². The quantitative estimate of drug-likeness (QED) is 0.113. The van der Waals surface area contributed by atoms with Gasteiger partial charge in [-0.05, 0) is 82.1 Å². The average molecular weight is 672 g/mol. The molecule has 1 N–H and O–H groups in total. The van der Waals surface area contributed by atoms with Gasteiger partial charge in [-0.15, -0.1) is 0 Å². The first-order valence-corrected chi connectivity index (χ1v) is 18.5. The monoisotopic (exact) mass is 672 g/mol. The minimum Gasteiger partial charge on any atom is -0.494 e. The van der Waals surface area contributed by atoms with Crippen molar-refractivity contribution in [2.24, 2.45) is 16.8 Å². The van der Waals surface area contributed by atoms with E-state index in [0.717, 1.165) is 43.4 Å². The fourth-order valence-electron chi connectivity index (χ4n) is 5.54. The van der Waals surface area contributed by atoms with Gasteiger partial charge in [-0.2, -0.15) is 0 Å². The molecule has 1 heterocycles. The number of allylic oxidation sites excluding steroid dienone is 3. The molecule has 3 rings (SSSR count). The number of fused-ring (bicyclic) bond motifs is 1. The number of aliphatic imine (C=N–C) groups is 1. The number of ether oxygens (including phenoxy) is 3. The molecule has 1 aromatic rings. The van der Waals surface area contributed by atoms with Gasteiger partial charge in [-0.1, -0.05) is 86.8 Å². The van der Waals surface area contributed by atoms with Crippen molar-refractivity contribution in [2.45, 2.75) is 153 Å². The van der Waals surface area contributed by atoms with E-state index in [1.807, 2.05) is 45.9 Å². The van der Waals surface area contributed by atoms with Gasteiger partial charge in [0.25, 0.3) is 0 Å². The molecule has 0 fully saturated rings. The predicted molar refractivity (Wildman–Crippen MR) is 201 cm³/mol. The van der Waals surface area contributed by atoms with Gasteiger partial charge in [0.2, 0.25) is 0 Å². The molecular formula is C41H69NO6. The fraction of sp³-hybridized carbons (Fsp3) is 0.683. The predicted octanol–water partition coefficient (Wildman–Crippen LogP) is 10.6. The molecule has 0 spiro atoms. The smallest absolute Gasteiger partial charge is 0.172 e. The van der Waals surface area contributed by atoms with Crippen LogP contribution in [0.2, 0.25) is 0 Å². The van der Waals surface area contributed by atoms with Crippen LogP contribution in [-0.4, -0.2) is 48.5 Å². The number of aliphatic hydroxyl groups is 1. The van der Waals surface area contributed by atoms with Crippen LogP contribution in [0.5, 0.6) is 5.75 Å². The lowest BCUT2D eigenvalue weighted by Gasteiger charge is -2.19. The van der Waals surface area contributed by atoms with Gasteiger partial charge in [0.1, 0.15) is 17.3 Å². The third-order valence-corrected chi connectivity index (χ3v) is 8.11. The summed E-state index contributed by atoms with van der Waals surface area (Å²) in [6.45, 7) is 17.9. The molecule has 1 aromatic carbocycles. The molecule has 0 saturated carbocycles. The molecule has 3 atom stereocenters. The number of ketones is 2. The second kappa shape index (κ2) is 27.1. The zero-order chi connectivity index (χ0) is 35.0. The average Bonchev–Trinajstić information content (AvgIpc) is 3.19. The number of aliphatic hydroxyl groups excluding tert-OH is 1. The van der Waals surface area contributed by atoms with Crippen molar-refractivity contribution >= 4 is 17.3 Å². The number of Topliss-reactive ketones (excluding diaryl/α,β-unsaturated/α-hetero) is 2. The van der Waals surface area contributed by atoms with E-state index >= 15 is 0 Å². The van der Waals surface area contributed by atoms with Gasteiger partial charge in [0.05, 0.1) is 31.4 Å². The maximum absolute atomic E-state index is 13.8. The molecule has 3 unspecified atom stereocenters. The van der Waals surface area contributed by atoms with Crippen molar-refractivity contribution in [2.75, 3.05) is 19.8 Å². The summed E-state index contributed by atoms with van der Waals surface area (Å²) in [5, 5.41) is 10.3. The lowest BCUT2D eigenvalue weighted by atomic mass is 9.87. The largest absolute Gasteiger partial charge is 0.494 e. The Morgan fingerprint density at radius 1 is 1.00 bits per heavy atom. The number of rotatable bonds is 15. The van der Waals surface area contributed by atoms with Crippen molar-refractivity contribution in [3.63, 3.8) is 0 Å². The highest BCUT2D eigenvalue weighted by molar-refractivity contribution is 6.16. The molecular weight excluding hydrogens is 602 g/mol. The van der Waals surface area contributed by atoms with E-state index in [1.165, 1.54) is 19.3 Å². The van der Waals surface area contributed by atoms with Crippen molar-refractivity contribution in [1.29, 1.82) is 0 Å². The van der Waals surface area contributed by atoms with Crippen LogP contribution in [0.4, 0.5) is 0 Å². The second-order valence-electron chi connectivity index (χ2n) is 12.2. The summed E-state index contributed by atoms with van der Waals surface area (Å²) in [7, 11) is 0. The molecule has 0 saturated heterocycles. The summed E-state index contributed by atoms with van der Waals surface area (Å²) in [6, 6.07) is 5.44. The van der Waals surface area contributed by atoms with Gasteiger partial charge < -0.3 is 19.3 Å². The number of nitrogens with zero attached hydrogens (tertiary/aromatic N) is 1. The van der Waals surface area contributed by atoms with Gasteiger partial charge in [-0.25, -0.2) is 0 Å². The van der Waals surface area contributed by atoms with E-state index in [1.54, 1.807) is 6.07 Å². The summed E-state index contributed by atoms with van der Waals surface area (Å²) in [4.78, 5) is 31.7. The molecule has 1 aliphatic carbocycles. The first-order valence-electron chi connectivity index (χ1n) is 18.5. The summed E-state index contributed by atoms with van der Waals surface area (Å²) < 4.78 is 17.5. The van der Waals surface area contributed by atoms with E-state index in [0.29, 0.717) is 67.8 Å². The van der Waals surface area contributed by atoms with Gasteiger partial charge >= 0.3 is 0 Å². The Morgan fingerprint density at radius 3 is 2.40 bits per heavy atom. The topological polar surface area (TPSA) is 94.4 Å². The van der Waals surface area contributed by atoms with Crippen LogP contribution < -0.4 is 4.74 Å². The standard InChI is InChI=1S/C35H51NO6.C3H8.C2H6.CH4/c1-5-8-14-26(6-2)24-42-34(38)17-13-20-41-33-16-12-10-9-11-15-32(36-25(33)4)31-22-28(37)21-27-18-19-29(40-7-3)23-30(27)35(31)39;1-3-2;1-2;/h12,16,18-19,23,26,31,34,38H,5-11,13-15,17,20-22,24H2,1-4H3;3H2,1-2H3;1-2H3;1H4/b16-12-,33-25-,36-32?;;;. The first kappa shape index (κ1) is 45.2. The van der Waals surface area contributed by atoms with Crippen molar-refractivity contribution in [3.05, 3.63) is 52.9 Å². The van der Waals surface area contributed by atoms with Crippen molar-refractivity contribution < 1.29 is 28.9 Å². The van der Waals surface area contributed by atoms with E-state index in [-0.39, 0.29) is 31.8 Å². The number of benzene rings is 1. The van der Waals surface area contributed by atoms with Crippen molar-refractivity contribution in [1.82, 2.24) is 0 Å². The Kier molecular flexibility index (Phi) is 25.5. The second-order valence-corrected chi connectivity index (χ2v) is 12.2. The minimum atomic E-state index is -0.798. The maximum Gasteiger partial charge on any atom is 0.172 e. The minimum absolute atomic E-state index is 0. The SMILES string of the molecule is C.CC.CCC.CCCCC(CC)COC(O)CCCOC1=C(/C)N=C(C2CC(=O)Cc3ccc(OCC)cc3C2=O)CCCC/C=C\1. The Morgan fingerprint density at radius 2 is 1.73 bits per heavy atom. The van der Waals surface area contributed by atoms with Crippen LogP contribution in [-0.2, 0) is 20.7 Å². The normalized spacial score (nSPS) is 19.8. The van der Waals surface area contributed by atoms with Crippen LogP contribution in [0.1, 0.15) is 156 Å². The molecule has 0 radical (unpaired) electrons. The molecule has 274 valence electrons. The number of hydrogen-bond donors (Lipinski definition) is 1. The van der Waals surface area contributed by atoms with Crippen molar-refractivity contribution in [3.8, 4) is 5.75 Å². The highest BCUT2D eigenvalue weighted by Crippen LogP contribution is 2.30. The molecule has 0 amide bonds. The number of carbonyl (C=O) groups excluding carboxylic acids is 2. The van der Waals surface area contributed by atoms with Gasteiger partial charge in [0.15, 0.2) is 12.1 Å². The maximum atomic E-state index is 13.8. The highest BCUT2D eigenvalue weighted by atomic mass is 16.6. The third-order valence-electron chi connectivity index (χ3n) is 8.11.